The number of nitrogens with one attached hydrogen (secondary N) is 2. The summed E-state index contributed by atoms with van der Waals surface area (Å²) in [5.41, 5.74) is 2.16. The van der Waals surface area contributed by atoms with Crippen molar-refractivity contribution in [3.05, 3.63) is 76.2 Å². The molecule has 2 amide bonds. The molecular formula is C24H24N2O3S. The minimum absolute atomic E-state index is 0.154. The summed E-state index contributed by atoms with van der Waals surface area (Å²) in [6.45, 7) is 2.22. The van der Waals surface area contributed by atoms with Gasteiger partial charge in [-0.1, -0.05) is 31.2 Å². The Hall–Kier alpha value is -3.12. The van der Waals surface area contributed by atoms with Crippen molar-refractivity contribution in [3.8, 4) is 11.5 Å². The second-order valence-corrected chi connectivity index (χ2v) is 8.64. The molecule has 3 aromatic rings. The van der Waals surface area contributed by atoms with Gasteiger partial charge in [-0.05, 0) is 61.1 Å². The average Bonchev–Trinajstić information content (AvgIpc) is 3.10. The first-order valence-electron chi connectivity index (χ1n) is 10.1. The van der Waals surface area contributed by atoms with Gasteiger partial charge >= 0.3 is 0 Å². The summed E-state index contributed by atoms with van der Waals surface area (Å²) in [6.07, 6.45) is 2.87. The number of para-hydroxylation sites is 1. The van der Waals surface area contributed by atoms with E-state index < -0.39 is 0 Å². The van der Waals surface area contributed by atoms with Crippen LogP contribution in [0.4, 0.5) is 5.00 Å². The maximum atomic E-state index is 13.0. The highest BCUT2D eigenvalue weighted by Gasteiger charge is 2.28. The van der Waals surface area contributed by atoms with Crippen LogP contribution >= 0.6 is 11.3 Å². The molecule has 0 spiro atoms. The van der Waals surface area contributed by atoms with Gasteiger partial charge in [0.15, 0.2) is 0 Å². The molecule has 30 heavy (non-hydrogen) atoms. The Balaban J connectivity index is 1.58. The number of rotatable bonds is 5. The lowest BCUT2D eigenvalue weighted by Gasteiger charge is -2.18. The van der Waals surface area contributed by atoms with Gasteiger partial charge in [0.1, 0.15) is 16.5 Å². The van der Waals surface area contributed by atoms with Crippen molar-refractivity contribution in [2.24, 2.45) is 5.92 Å². The van der Waals surface area contributed by atoms with Crippen LogP contribution in [0.15, 0.2) is 54.6 Å². The van der Waals surface area contributed by atoms with Crippen LogP contribution in [-0.4, -0.2) is 18.9 Å². The predicted octanol–water partition coefficient (Wildman–Crippen LogP) is 5.28. The standard InChI is InChI=1S/C24H24N2O3S/c1-15-11-12-19-20(13-15)30-24(21(19)23(28)25-2)26-22(27)16-7-6-10-18(14-16)29-17-8-4-3-5-9-17/h3-10,14-15H,11-13H2,1-2H3,(H,25,28)(H,26,27). The van der Waals surface area contributed by atoms with E-state index in [1.165, 1.54) is 16.2 Å². The van der Waals surface area contributed by atoms with Gasteiger partial charge in [-0.25, -0.2) is 0 Å². The van der Waals surface area contributed by atoms with Gasteiger partial charge in [-0.15, -0.1) is 11.3 Å². The molecule has 1 heterocycles. The molecule has 0 aliphatic heterocycles. The quantitative estimate of drug-likeness (QED) is 0.590. The van der Waals surface area contributed by atoms with Crippen LogP contribution in [-0.2, 0) is 12.8 Å². The van der Waals surface area contributed by atoms with Crippen molar-refractivity contribution in [2.75, 3.05) is 12.4 Å². The number of ether oxygens (including phenoxy) is 1. The summed E-state index contributed by atoms with van der Waals surface area (Å²) in [5, 5.41) is 6.30. The predicted molar refractivity (Wildman–Crippen MR) is 120 cm³/mol. The number of hydrogen-bond donors (Lipinski definition) is 2. The van der Waals surface area contributed by atoms with Crippen molar-refractivity contribution in [2.45, 2.75) is 26.2 Å². The molecule has 0 bridgehead atoms. The molecular weight excluding hydrogens is 396 g/mol. The Morgan fingerprint density at radius 2 is 1.80 bits per heavy atom. The van der Waals surface area contributed by atoms with Gasteiger partial charge in [-0.2, -0.15) is 0 Å². The molecule has 2 aromatic carbocycles. The van der Waals surface area contributed by atoms with Crippen molar-refractivity contribution in [1.29, 1.82) is 0 Å². The Bertz CT molecular complexity index is 1080. The maximum absolute atomic E-state index is 13.0. The number of anilines is 1. The van der Waals surface area contributed by atoms with Crippen LogP contribution in [0, 0.1) is 5.92 Å². The first kappa shape index (κ1) is 20.2. The number of thiophene rings is 1. The molecule has 0 saturated carbocycles. The zero-order chi connectivity index (χ0) is 21.1. The third-order valence-corrected chi connectivity index (χ3v) is 6.44. The van der Waals surface area contributed by atoms with Crippen molar-refractivity contribution >= 4 is 28.2 Å². The molecule has 0 fully saturated rings. The summed E-state index contributed by atoms with van der Waals surface area (Å²) in [4.78, 5) is 26.7. The van der Waals surface area contributed by atoms with Gasteiger partial charge in [0.25, 0.3) is 11.8 Å². The third kappa shape index (κ3) is 4.24. The summed E-state index contributed by atoms with van der Waals surface area (Å²) in [5.74, 6) is 1.46. The fraction of sp³-hybridized carbons (Fsp3) is 0.250. The van der Waals surface area contributed by atoms with E-state index in [1.54, 1.807) is 25.2 Å². The Labute approximate surface area is 180 Å². The second kappa shape index (κ2) is 8.71. The molecule has 4 rings (SSSR count). The topological polar surface area (TPSA) is 67.4 Å². The first-order valence-corrected chi connectivity index (χ1v) is 10.9. The Morgan fingerprint density at radius 1 is 1.03 bits per heavy atom. The van der Waals surface area contributed by atoms with E-state index in [4.69, 9.17) is 4.74 Å². The maximum Gasteiger partial charge on any atom is 0.256 e. The fourth-order valence-electron chi connectivity index (χ4n) is 3.70. The smallest absolute Gasteiger partial charge is 0.256 e. The molecule has 1 aliphatic carbocycles. The Morgan fingerprint density at radius 3 is 2.57 bits per heavy atom. The summed E-state index contributed by atoms with van der Waals surface area (Å²) < 4.78 is 5.84. The van der Waals surface area contributed by atoms with E-state index in [-0.39, 0.29) is 11.8 Å². The average molecular weight is 421 g/mol. The van der Waals surface area contributed by atoms with E-state index in [0.29, 0.717) is 33.5 Å². The van der Waals surface area contributed by atoms with E-state index in [9.17, 15) is 9.59 Å². The number of carbonyl (C=O) groups is 2. The number of carbonyl (C=O) groups excluding carboxylic acids is 2. The van der Waals surface area contributed by atoms with Crippen LogP contribution in [0.5, 0.6) is 11.5 Å². The molecule has 0 radical (unpaired) electrons. The summed E-state index contributed by atoms with van der Waals surface area (Å²) in [7, 11) is 1.62. The number of amides is 2. The summed E-state index contributed by atoms with van der Waals surface area (Å²) >= 11 is 1.52. The zero-order valence-corrected chi connectivity index (χ0v) is 17.8. The highest BCUT2D eigenvalue weighted by molar-refractivity contribution is 7.17. The fourth-order valence-corrected chi connectivity index (χ4v) is 5.11. The first-order chi connectivity index (χ1) is 14.5. The molecule has 1 aromatic heterocycles. The SMILES string of the molecule is CNC(=O)c1c(NC(=O)c2cccc(Oc3ccccc3)c2)sc2c1CCC(C)C2. The van der Waals surface area contributed by atoms with Gasteiger partial charge in [0, 0.05) is 17.5 Å². The second-order valence-electron chi connectivity index (χ2n) is 7.53. The summed E-state index contributed by atoms with van der Waals surface area (Å²) in [6, 6.07) is 16.5. The minimum Gasteiger partial charge on any atom is -0.457 e. The highest BCUT2D eigenvalue weighted by Crippen LogP contribution is 2.40. The van der Waals surface area contributed by atoms with Crippen LogP contribution in [0.2, 0.25) is 0 Å². The third-order valence-electron chi connectivity index (χ3n) is 5.27. The van der Waals surface area contributed by atoms with E-state index >= 15 is 0 Å². The monoisotopic (exact) mass is 420 g/mol. The molecule has 1 aliphatic rings. The zero-order valence-electron chi connectivity index (χ0n) is 17.0. The molecule has 6 heteroatoms. The number of benzene rings is 2. The molecule has 1 atom stereocenters. The molecule has 5 nitrogen and oxygen atoms in total. The van der Waals surface area contributed by atoms with Crippen molar-refractivity contribution < 1.29 is 14.3 Å². The van der Waals surface area contributed by atoms with E-state index in [0.717, 1.165) is 24.8 Å². The largest absolute Gasteiger partial charge is 0.457 e. The number of fused-ring (bicyclic) bond motifs is 1. The molecule has 2 N–H and O–H groups in total. The van der Waals surface area contributed by atoms with E-state index in [1.807, 2.05) is 36.4 Å². The molecule has 154 valence electrons. The van der Waals surface area contributed by atoms with Gasteiger partial charge in [0.05, 0.1) is 5.56 Å². The molecule has 1 unspecified atom stereocenters. The lowest BCUT2D eigenvalue weighted by molar-refractivity contribution is 0.0963. The van der Waals surface area contributed by atoms with Crippen molar-refractivity contribution in [1.82, 2.24) is 5.32 Å². The lowest BCUT2D eigenvalue weighted by atomic mass is 9.88. The number of hydrogen-bond acceptors (Lipinski definition) is 4. The highest BCUT2D eigenvalue weighted by atomic mass is 32.1. The Kier molecular flexibility index (Phi) is 5.86. The van der Waals surface area contributed by atoms with Gasteiger partial charge in [-0.3, -0.25) is 9.59 Å². The van der Waals surface area contributed by atoms with Crippen LogP contribution < -0.4 is 15.4 Å². The van der Waals surface area contributed by atoms with Crippen LogP contribution in [0.1, 0.15) is 44.5 Å². The van der Waals surface area contributed by atoms with E-state index in [2.05, 4.69) is 17.6 Å². The van der Waals surface area contributed by atoms with Crippen molar-refractivity contribution in [3.63, 3.8) is 0 Å². The van der Waals surface area contributed by atoms with Gasteiger partial charge < -0.3 is 15.4 Å². The van der Waals surface area contributed by atoms with Gasteiger partial charge in [0.2, 0.25) is 0 Å². The van der Waals surface area contributed by atoms with Crippen LogP contribution in [0.3, 0.4) is 0 Å². The minimum atomic E-state index is -0.259. The lowest BCUT2D eigenvalue weighted by Crippen LogP contribution is -2.22. The molecule has 0 saturated heterocycles. The normalized spacial score (nSPS) is 15.2. The van der Waals surface area contributed by atoms with Crippen LogP contribution in [0.25, 0.3) is 0 Å².